The van der Waals surface area contributed by atoms with Crippen LogP contribution < -0.4 is 4.74 Å². The summed E-state index contributed by atoms with van der Waals surface area (Å²) in [5.74, 6) is 0.164. The predicted octanol–water partition coefficient (Wildman–Crippen LogP) is 3.48. The number of ether oxygens (including phenoxy) is 2. The standard InChI is InChI=1S/C18H16N2O3/c1-3-23-18(21)13-10-8-12(9-11-13)16-14-6-4-5-7-15(14)17(22-2)20-19-16/h4-11H,3H2,1-2H3. The molecular formula is C18H16N2O3. The number of rotatable bonds is 4. The Hall–Kier alpha value is -2.95. The van der Waals surface area contributed by atoms with E-state index in [1.165, 1.54) is 0 Å². The molecule has 1 heterocycles. The number of hydrogen-bond acceptors (Lipinski definition) is 5. The number of carbonyl (C=O) groups is 1. The average Bonchev–Trinajstić information content (AvgIpc) is 2.61. The summed E-state index contributed by atoms with van der Waals surface area (Å²) in [7, 11) is 1.57. The maximum absolute atomic E-state index is 11.7. The largest absolute Gasteiger partial charge is 0.479 e. The fraction of sp³-hybridized carbons (Fsp3) is 0.167. The predicted molar refractivity (Wildman–Crippen MR) is 87.5 cm³/mol. The average molecular weight is 308 g/mol. The van der Waals surface area contributed by atoms with E-state index < -0.39 is 0 Å². The van der Waals surface area contributed by atoms with Gasteiger partial charge in [-0.3, -0.25) is 0 Å². The summed E-state index contributed by atoms with van der Waals surface area (Å²) < 4.78 is 10.3. The van der Waals surface area contributed by atoms with Crippen LogP contribution in [-0.2, 0) is 4.74 Å². The number of benzene rings is 2. The van der Waals surface area contributed by atoms with Crippen molar-refractivity contribution in [3.8, 4) is 17.1 Å². The van der Waals surface area contributed by atoms with Crippen LogP contribution in [0.15, 0.2) is 48.5 Å². The third-order valence-corrected chi connectivity index (χ3v) is 3.52. The first-order chi connectivity index (χ1) is 11.2. The first-order valence-corrected chi connectivity index (χ1v) is 7.31. The van der Waals surface area contributed by atoms with Crippen molar-refractivity contribution < 1.29 is 14.3 Å². The van der Waals surface area contributed by atoms with Crippen LogP contribution in [0.25, 0.3) is 22.0 Å². The third-order valence-electron chi connectivity index (χ3n) is 3.52. The SMILES string of the molecule is CCOC(=O)c1ccc(-c2nnc(OC)c3ccccc23)cc1. The highest BCUT2D eigenvalue weighted by molar-refractivity contribution is 5.97. The van der Waals surface area contributed by atoms with Crippen LogP contribution in [-0.4, -0.2) is 29.9 Å². The fourth-order valence-electron chi connectivity index (χ4n) is 2.42. The molecule has 0 bridgehead atoms. The minimum atomic E-state index is -0.329. The summed E-state index contributed by atoms with van der Waals surface area (Å²) in [6, 6.07) is 14.9. The van der Waals surface area contributed by atoms with Gasteiger partial charge in [0, 0.05) is 16.3 Å². The van der Waals surface area contributed by atoms with Gasteiger partial charge in [0.15, 0.2) is 0 Å². The summed E-state index contributed by atoms with van der Waals surface area (Å²) >= 11 is 0. The molecule has 5 heteroatoms. The Morgan fingerprint density at radius 2 is 1.70 bits per heavy atom. The lowest BCUT2D eigenvalue weighted by Gasteiger charge is -2.09. The van der Waals surface area contributed by atoms with E-state index in [4.69, 9.17) is 9.47 Å². The quantitative estimate of drug-likeness (QED) is 0.690. The second kappa shape index (κ2) is 6.44. The molecule has 3 rings (SSSR count). The van der Waals surface area contributed by atoms with Gasteiger partial charge in [-0.15, -0.1) is 10.2 Å². The number of fused-ring (bicyclic) bond motifs is 1. The second-order valence-electron chi connectivity index (χ2n) is 4.90. The summed E-state index contributed by atoms with van der Waals surface area (Å²) in [6.07, 6.45) is 0. The molecule has 23 heavy (non-hydrogen) atoms. The van der Waals surface area contributed by atoms with Gasteiger partial charge in [-0.2, -0.15) is 0 Å². The van der Waals surface area contributed by atoms with Crippen LogP contribution >= 0.6 is 0 Å². The van der Waals surface area contributed by atoms with Crippen molar-refractivity contribution in [1.82, 2.24) is 10.2 Å². The topological polar surface area (TPSA) is 61.3 Å². The molecule has 0 unspecified atom stereocenters. The van der Waals surface area contributed by atoms with E-state index in [2.05, 4.69) is 10.2 Å². The fourth-order valence-corrected chi connectivity index (χ4v) is 2.42. The Morgan fingerprint density at radius 3 is 2.35 bits per heavy atom. The zero-order valence-electron chi connectivity index (χ0n) is 12.9. The van der Waals surface area contributed by atoms with E-state index in [1.54, 1.807) is 26.2 Å². The van der Waals surface area contributed by atoms with Crippen molar-refractivity contribution in [3.63, 3.8) is 0 Å². The molecule has 0 aliphatic carbocycles. The van der Waals surface area contributed by atoms with Crippen LogP contribution in [0.2, 0.25) is 0 Å². The van der Waals surface area contributed by atoms with Gasteiger partial charge < -0.3 is 9.47 Å². The third kappa shape index (κ3) is 2.85. The minimum absolute atomic E-state index is 0.329. The maximum Gasteiger partial charge on any atom is 0.338 e. The smallest absolute Gasteiger partial charge is 0.338 e. The van der Waals surface area contributed by atoms with E-state index in [0.717, 1.165) is 22.0 Å². The molecular weight excluding hydrogens is 292 g/mol. The van der Waals surface area contributed by atoms with Crippen molar-refractivity contribution in [2.24, 2.45) is 0 Å². The van der Waals surface area contributed by atoms with Crippen LogP contribution in [0.3, 0.4) is 0 Å². The van der Waals surface area contributed by atoms with Crippen molar-refractivity contribution in [1.29, 1.82) is 0 Å². The highest BCUT2D eigenvalue weighted by atomic mass is 16.5. The molecule has 0 spiro atoms. The van der Waals surface area contributed by atoms with Crippen LogP contribution in [0.5, 0.6) is 5.88 Å². The summed E-state index contributed by atoms with van der Waals surface area (Å²) in [4.78, 5) is 11.7. The molecule has 116 valence electrons. The van der Waals surface area contributed by atoms with Crippen molar-refractivity contribution >= 4 is 16.7 Å². The van der Waals surface area contributed by atoms with Crippen molar-refractivity contribution in [2.75, 3.05) is 13.7 Å². The number of methoxy groups -OCH3 is 1. The molecule has 1 aromatic heterocycles. The Bertz CT molecular complexity index is 845. The number of carbonyl (C=O) groups excluding carboxylic acids is 1. The zero-order chi connectivity index (χ0) is 16.2. The van der Waals surface area contributed by atoms with E-state index in [9.17, 15) is 4.79 Å². The highest BCUT2D eigenvalue weighted by Gasteiger charge is 2.12. The van der Waals surface area contributed by atoms with Gasteiger partial charge in [-0.05, 0) is 25.1 Å². The Balaban J connectivity index is 2.05. The molecule has 0 saturated heterocycles. The molecule has 3 aromatic rings. The monoisotopic (exact) mass is 308 g/mol. The number of hydrogen-bond donors (Lipinski definition) is 0. The van der Waals surface area contributed by atoms with Crippen LogP contribution in [0, 0.1) is 0 Å². The van der Waals surface area contributed by atoms with Crippen LogP contribution in [0.4, 0.5) is 0 Å². The van der Waals surface area contributed by atoms with E-state index in [-0.39, 0.29) is 5.97 Å². The second-order valence-corrected chi connectivity index (χ2v) is 4.90. The molecule has 0 aliphatic heterocycles. The molecule has 0 N–H and O–H groups in total. The number of esters is 1. The molecule has 5 nitrogen and oxygen atoms in total. The Morgan fingerprint density at radius 1 is 1.00 bits per heavy atom. The molecule has 0 radical (unpaired) electrons. The Kier molecular flexibility index (Phi) is 4.19. The molecule has 0 fully saturated rings. The molecule has 0 aliphatic rings. The summed E-state index contributed by atoms with van der Waals surface area (Å²) in [6.45, 7) is 2.14. The minimum Gasteiger partial charge on any atom is -0.479 e. The van der Waals surface area contributed by atoms with Crippen molar-refractivity contribution in [3.05, 3.63) is 54.1 Å². The maximum atomic E-state index is 11.7. The van der Waals surface area contributed by atoms with Crippen LogP contribution in [0.1, 0.15) is 17.3 Å². The van der Waals surface area contributed by atoms with Gasteiger partial charge in [0.25, 0.3) is 0 Å². The van der Waals surface area contributed by atoms with Gasteiger partial charge in [0.05, 0.1) is 19.3 Å². The van der Waals surface area contributed by atoms with E-state index in [1.807, 2.05) is 36.4 Å². The van der Waals surface area contributed by atoms with Gasteiger partial charge >= 0.3 is 5.97 Å². The van der Waals surface area contributed by atoms with Gasteiger partial charge in [0.2, 0.25) is 5.88 Å². The first kappa shape index (κ1) is 15.0. The Labute approximate surface area is 133 Å². The number of nitrogens with zero attached hydrogens (tertiary/aromatic N) is 2. The zero-order valence-corrected chi connectivity index (χ0v) is 12.9. The van der Waals surface area contributed by atoms with Gasteiger partial charge in [0.1, 0.15) is 5.69 Å². The molecule has 0 saturated carbocycles. The lowest BCUT2D eigenvalue weighted by Crippen LogP contribution is -2.04. The van der Waals surface area contributed by atoms with E-state index >= 15 is 0 Å². The molecule has 0 atom stereocenters. The highest BCUT2D eigenvalue weighted by Crippen LogP contribution is 2.30. The molecule has 2 aromatic carbocycles. The lowest BCUT2D eigenvalue weighted by atomic mass is 10.0. The van der Waals surface area contributed by atoms with Gasteiger partial charge in [-0.25, -0.2) is 4.79 Å². The van der Waals surface area contributed by atoms with E-state index in [0.29, 0.717) is 18.1 Å². The normalized spacial score (nSPS) is 10.5. The first-order valence-electron chi connectivity index (χ1n) is 7.31. The number of aromatic nitrogens is 2. The summed E-state index contributed by atoms with van der Waals surface area (Å²) in [5, 5.41) is 10.2. The van der Waals surface area contributed by atoms with Gasteiger partial charge in [-0.1, -0.05) is 30.3 Å². The summed E-state index contributed by atoms with van der Waals surface area (Å²) in [5.41, 5.74) is 2.14. The molecule has 0 amide bonds. The lowest BCUT2D eigenvalue weighted by molar-refractivity contribution is 0.0526. The van der Waals surface area contributed by atoms with Crippen molar-refractivity contribution in [2.45, 2.75) is 6.92 Å².